The molecule has 0 aliphatic carbocycles. The number of hydrogen-bond acceptors (Lipinski definition) is 2. The topological polar surface area (TPSA) is 38.0 Å². The van der Waals surface area contributed by atoms with Crippen LogP contribution < -0.4 is 11.1 Å². The lowest BCUT2D eigenvalue weighted by atomic mass is 10.00. The fraction of sp³-hybridized carbons (Fsp3) is 0.467. The molecule has 0 aromatic rings. The van der Waals surface area contributed by atoms with E-state index in [1.165, 1.54) is 11.1 Å². The minimum absolute atomic E-state index is 0.391. The van der Waals surface area contributed by atoms with Crippen LogP contribution in [0, 0.1) is 0 Å². The highest BCUT2D eigenvalue weighted by Crippen LogP contribution is 2.13. The van der Waals surface area contributed by atoms with E-state index in [0.717, 1.165) is 18.7 Å². The Kier molecular flexibility index (Phi) is 8.16. The maximum absolute atomic E-state index is 5.87. The first-order valence-corrected chi connectivity index (χ1v) is 6.18. The largest absolute Gasteiger partial charge is 0.399 e. The molecule has 1 unspecified atom stereocenters. The van der Waals surface area contributed by atoms with Crippen LogP contribution in [0.5, 0.6) is 0 Å². The van der Waals surface area contributed by atoms with Gasteiger partial charge in [-0.15, -0.1) is 6.58 Å². The van der Waals surface area contributed by atoms with Crippen LogP contribution in [0.4, 0.5) is 0 Å². The van der Waals surface area contributed by atoms with Crippen LogP contribution in [-0.2, 0) is 0 Å². The second-order valence-corrected chi connectivity index (χ2v) is 4.17. The Balaban J connectivity index is 4.85. The minimum atomic E-state index is 0.391. The van der Waals surface area contributed by atoms with E-state index >= 15 is 0 Å². The summed E-state index contributed by atoms with van der Waals surface area (Å²) in [6.45, 7) is 13.0. The molecule has 2 heteroatoms. The Labute approximate surface area is 106 Å². The average molecular weight is 234 g/mol. The second-order valence-electron chi connectivity index (χ2n) is 4.17. The van der Waals surface area contributed by atoms with Gasteiger partial charge in [0.25, 0.3) is 0 Å². The van der Waals surface area contributed by atoms with Crippen LogP contribution in [0.15, 0.2) is 47.7 Å². The van der Waals surface area contributed by atoms with Gasteiger partial charge in [0.2, 0.25) is 0 Å². The van der Waals surface area contributed by atoms with Crippen molar-refractivity contribution in [2.75, 3.05) is 6.54 Å². The molecule has 0 aliphatic rings. The summed E-state index contributed by atoms with van der Waals surface area (Å²) in [5.41, 5.74) is 9.22. The number of nitrogens with one attached hydrogen (secondary N) is 1. The SMILES string of the molecule is C=CCNC(CC)\C(C)=C(C)/C=C(N)\C=C/C. The highest BCUT2D eigenvalue weighted by Gasteiger charge is 2.08. The van der Waals surface area contributed by atoms with E-state index in [1.807, 2.05) is 31.2 Å². The summed E-state index contributed by atoms with van der Waals surface area (Å²) >= 11 is 0. The van der Waals surface area contributed by atoms with Gasteiger partial charge in [0.15, 0.2) is 0 Å². The monoisotopic (exact) mass is 234 g/mol. The average Bonchev–Trinajstić information content (AvgIpc) is 2.29. The highest BCUT2D eigenvalue weighted by molar-refractivity contribution is 5.31. The van der Waals surface area contributed by atoms with E-state index in [9.17, 15) is 0 Å². The summed E-state index contributed by atoms with van der Waals surface area (Å²) < 4.78 is 0. The smallest absolute Gasteiger partial charge is 0.0313 e. The molecule has 0 amide bonds. The molecule has 0 fully saturated rings. The van der Waals surface area contributed by atoms with Crippen molar-refractivity contribution in [2.24, 2.45) is 5.73 Å². The zero-order valence-corrected chi connectivity index (χ0v) is 11.6. The summed E-state index contributed by atoms with van der Waals surface area (Å²) in [4.78, 5) is 0. The molecule has 0 aliphatic heterocycles. The van der Waals surface area contributed by atoms with Crippen LogP contribution in [0.3, 0.4) is 0 Å². The van der Waals surface area contributed by atoms with Gasteiger partial charge in [0.1, 0.15) is 0 Å². The normalized spacial score (nSPS) is 15.9. The number of rotatable bonds is 7. The van der Waals surface area contributed by atoms with E-state index in [1.54, 1.807) is 0 Å². The molecule has 0 saturated carbocycles. The zero-order valence-electron chi connectivity index (χ0n) is 11.6. The molecule has 0 radical (unpaired) electrons. The van der Waals surface area contributed by atoms with Gasteiger partial charge in [0.05, 0.1) is 0 Å². The molecule has 0 saturated heterocycles. The van der Waals surface area contributed by atoms with E-state index in [0.29, 0.717) is 6.04 Å². The van der Waals surface area contributed by atoms with Crippen LogP contribution in [0.25, 0.3) is 0 Å². The van der Waals surface area contributed by atoms with Crippen LogP contribution in [-0.4, -0.2) is 12.6 Å². The molecular weight excluding hydrogens is 208 g/mol. The van der Waals surface area contributed by atoms with Gasteiger partial charge >= 0.3 is 0 Å². The first-order valence-electron chi connectivity index (χ1n) is 6.18. The van der Waals surface area contributed by atoms with Crippen molar-refractivity contribution < 1.29 is 0 Å². The molecular formula is C15H26N2. The molecule has 1 atom stereocenters. The molecule has 0 aromatic carbocycles. The summed E-state index contributed by atoms with van der Waals surface area (Å²) in [5.74, 6) is 0. The standard InChI is InChI=1S/C15H26N2/c1-6-9-14(16)11-12(4)13(5)15(8-3)17-10-7-2/h6-7,9,11,15,17H,2,8,10,16H2,1,3-5H3/b9-6-,13-12-,14-11+. The summed E-state index contributed by atoms with van der Waals surface area (Å²) in [6.07, 6.45) is 8.83. The van der Waals surface area contributed by atoms with E-state index < -0.39 is 0 Å². The van der Waals surface area contributed by atoms with E-state index in [4.69, 9.17) is 5.73 Å². The van der Waals surface area contributed by atoms with Crippen molar-refractivity contribution in [1.82, 2.24) is 5.32 Å². The van der Waals surface area contributed by atoms with Crippen LogP contribution >= 0.6 is 0 Å². The fourth-order valence-corrected chi connectivity index (χ4v) is 1.71. The lowest BCUT2D eigenvalue weighted by molar-refractivity contribution is 0.586. The van der Waals surface area contributed by atoms with E-state index in [2.05, 4.69) is 32.7 Å². The molecule has 0 spiro atoms. The third-order valence-corrected chi connectivity index (χ3v) is 2.80. The van der Waals surface area contributed by atoms with Gasteiger partial charge in [0, 0.05) is 18.3 Å². The predicted octanol–water partition coefficient (Wildman–Crippen LogP) is 3.30. The molecule has 96 valence electrons. The van der Waals surface area contributed by atoms with Gasteiger partial charge in [-0.1, -0.05) is 24.6 Å². The Morgan fingerprint density at radius 2 is 2.06 bits per heavy atom. The molecule has 0 heterocycles. The van der Waals surface area contributed by atoms with Crippen molar-refractivity contribution in [1.29, 1.82) is 0 Å². The third kappa shape index (κ3) is 6.12. The quantitative estimate of drug-likeness (QED) is 0.524. The van der Waals surface area contributed by atoms with Gasteiger partial charge in [-0.2, -0.15) is 0 Å². The first-order chi connectivity index (χ1) is 8.06. The highest BCUT2D eigenvalue weighted by atomic mass is 14.9. The van der Waals surface area contributed by atoms with Crippen molar-refractivity contribution in [3.05, 3.63) is 47.7 Å². The lowest BCUT2D eigenvalue weighted by Gasteiger charge is -2.18. The van der Waals surface area contributed by atoms with Gasteiger partial charge in [-0.3, -0.25) is 0 Å². The van der Waals surface area contributed by atoms with E-state index in [-0.39, 0.29) is 0 Å². The summed E-state index contributed by atoms with van der Waals surface area (Å²) in [7, 11) is 0. The molecule has 3 N–H and O–H groups in total. The molecule has 17 heavy (non-hydrogen) atoms. The number of nitrogens with two attached hydrogens (primary N) is 1. The van der Waals surface area contributed by atoms with Crippen LogP contribution in [0.1, 0.15) is 34.1 Å². The Hall–Kier alpha value is -1.28. The van der Waals surface area contributed by atoms with Crippen molar-refractivity contribution in [3.8, 4) is 0 Å². The van der Waals surface area contributed by atoms with Crippen molar-refractivity contribution in [3.63, 3.8) is 0 Å². The Bertz CT molecular complexity index is 322. The second kappa shape index (κ2) is 8.82. The van der Waals surface area contributed by atoms with Gasteiger partial charge < -0.3 is 11.1 Å². The Morgan fingerprint density at radius 1 is 1.41 bits per heavy atom. The molecule has 0 bridgehead atoms. The van der Waals surface area contributed by atoms with Crippen molar-refractivity contribution >= 4 is 0 Å². The molecule has 0 aromatic heterocycles. The predicted molar refractivity (Wildman–Crippen MR) is 77.7 cm³/mol. The lowest BCUT2D eigenvalue weighted by Crippen LogP contribution is -2.30. The zero-order chi connectivity index (χ0) is 13.3. The van der Waals surface area contributed by atoms with Gasteiger partial charge in [-0.25, -0.2) is 0 Å². The van der Waals surface area contributed by atoms with Crippen LogP contribution in [0.2, 0.25) is 0 Å². The van der Waals surface area contributed by atoms with Gasteiger partial charge in [-0.05, 0) is 44.9 Å². The number of hydrogen-bond donors (Lipinski definition) is 2. The molecule has 2 nitrogen and oxygen atoms in total. The summed E-state index contributed by atoms with van der Waals surface area (Å²) in [5, 5.41) is 3.44. The van der Waals surface area contributed by atoms with Crippen molar-refractivity contribution in [2.45, 2.75) is 40.2 Å². The maximum Gasteiger partial charge on any atom is 0.0313 e. The Morgan fingerprint density at radius 3 is 2.53 bits per heavy atom. The maximum atomic E-state index is 5.87. The minimum Gasteiger partial charge on any atom is -0.399 e. The third-order valence-electron chi connectivity index (χ3n) is 2.80. The first kappa shape index (κ1) is 15.7. The molecule has 0 rings (SSSR count). The summed E-state index contributed by atoms with van der Waals surface area (Å²) in [6, 6.07) is 0.391. The fourth-order valence-electron chi connectivity index (χ4n) is 1.71. The number of allylic oxidation sites excluding steroid dienone is 4.